The topological polar surface area (TPSA) is 95.9 Å². The number of amides is 2. The van der Waals surface area contributed by atoms with Gasteiger partial charge in [-0.15, -0.1) is 0 Å². The van der Waals surface area contributed by atoms with Gasteiger partial charge in [-0.05, 0) is 47.9 Å². The Hall–Kier alpha value is -3.35. The van der Waals surface area contributed by atoms with E-state index in [1.165, 1.54) is 11.1 Å². The van der Waals surface area contributed by atoms with E-state index in [1.807, 2.05) is 38.1 Å². The summed E-state index contributed by atoms with van der Waals surface area (Å²) in [5, 5.41) is 12.1. The number of aliphatic carboxylic acids is 1. The zero-order chi connectivity index (χ0) is 24.2. The summed E-state index contributed by atoms with van der Waals surface area (Å²) in [6, 6.07) is 16.4. The second-order valence-corrected chi connectivity index (χ2v) is 9.52. The molecule has 7 heteroatoms. The van der Waals surface area contributed by atoms with Gasteiger partial charge in [0.15, 0.2) is 0 Å². The molecule has 1 saturated heterocycles. The number of carbonyl (C=O) groups excluding carboxylic acids is 2. The van der Waals surface area contributed by atoms with Gasteiger partial charge in [-0.3, -0.25) is 9.59 Å². The normalized spacial score (nSPS) is 20.2. The molecule has 0 bridgehead atoms. The fourth-order valence-corrected chi connectivity index (χ4v) is 5.05. The lowest BCUT2D eigenvalue weighted by Crippen LogP contribution is -2.48. The fourth-order valence-electron chi connectivity index (χ4n) is 5.05. The molecule has 1 heterocycles. The molecular formula is C27H32N2O5. The zero-order valence-corrected chi connectivity index (χ0v) is 19.7. The van der Waals surface area contributed by atoms with Gasteiger partial charge in [0.1, 0.15) is 6.61 Å². The highest BCUT2D eigenvalue weighted by atomic mass is 16.5. The van der Waals surface area contributed by atoms with Crippen molar-refractivity contribution >= 4 is 18.0 Å². The number of hydrogen-bond donors (Lipinski definition) is 2. The summed E-state index contributed by atoms with van der Waals surface area (Å²) >= 11 is 0. The van der Waals surface area contributed by atoms with Crippen LogP contribution in [0.2, 0.25) is 0 Å². The highest BCUT2D eigenvalue weighted by Gasteiger charge is 2.33. The highest BCUT2D eigenvalue weighted by molar-refractivity contribution is 5.80. The zero-order valence-electron chi connectivity index (χ0n) is 19.7. The van der Waals surface area contributed by atoms with E-state index in [0.29, 0.717) is 19.4 Å². The molecule has 0 saturated carbocycles. The van der Waals surface area contributed by atoms with Crippen LogP contribution >= 0.6 is 0 Å². The standard InChI is InChI=1S/C27H32N2O5/c1-17(13-25(30)29-15-19(26(31)32)12-11-18(29)2)14-28-27(33)34-16-24-22-9-5-3-7-20(22)21-8-4-6-10-23(21)24/h3-10,17-19,24H,11-16H2,1-2H3,(H,28,33)(H,31,32). The van der Waals surface area contributed by atoms with E-state index in [4.69, 9.17) is 4.74 Å². The quantitative estimate of drug-likeness (QED) is 0.638. The Morgan fingerprint density at radius 1 is 1.06 bits per heavy atom. The lowest BCUT2D eigenvalue weighted by molar-refractivity contribution is -0.147. The maximum absolute atomic E-state index is 12.8. The van der Waals surface area contributed by atoms with Crippen molar-refractivity contribution in [1.82, 2.24) is 10.2 Å². The number of carbonyl (C=O) groups is 3. The van der Waals surface area contributed by atoms with Crippen LogP contribution in [0.3, 0.4) is 0 Å². The lowest BCUT2D eigenvalue weighted by atomic mass is 9.92. The maximum atomic E-state index is 12.8. The Bertz CT molecular complexity index is 1020. The number of nitrogens with zero attached hydrogens (tertiary/aromatic N) is 1. The summed E-state index contributed by atoms with van der Waals surface area (Å²) in [4.78, 5) is 38.1. The highest BCUT2D eigenvalue weighted by Crippen LogP contribution is 2.44. The molecule has 34 heavy (non-hydrogen) atoms. The summed E-state index contributed by atoms with van der Waals surface area (Å²) in [6.45, 7) is 4.66. The number of hydrogen-bond acceptors (Lipinski definition) is 4. The van der Waals surface area contributed by atoms with E-state index in [-0.39, 0.29) is 43.4 Å². The lowest BCUT2D eigenvalue weighted by Gasteiger charge is -2.37. The third-order valence-electron chi connectivity index (χ3n) is 7.01. The van der Waals surface area contributed by atoms with Crippen LogP contribution in [0.1, 0.15) is 50.2 Å². The predicted octanol–water partition coefficient (Wildman–Crippen LogP) is 4.26. The third-order valence-corrected chi connectivity index (χ3v) is 7.01. The first-order valence-electron chi connectivity index (χ1n) is 12.0. The largest absolute Gasteiger partial charge is 0.481 e. The molecule has 180 valence electrons. The minimum atomic E-state index is -0.852. The van der Waals surface area contributed by atoms with Crippen molar-refractivity contribution in [2.24, 2.45) is 11.8 Å². The van der Waals surface area contributed by atoms with E-state index >= 15 is 0 Å². The Morgan fingerprint density at radius 2 is 1.68 bits per heavy atom. The Balaban J connectivity index is 1.26. The fraction of sp³-hybridized carbons (Fsp3) is 0.444. The molecule has 2 aliphatic rings. The van der Waals surface area contributed by atoms with Crippen molar-refractivity contribution in [2.75, 3.05) is 19.7 Å². The molecule has 2 aromatic carbocycles. The molecule has 2 amide bonds. The summed E-state index contributed by atoms with van der Waals surface area (Å²) in [5.41, 5.74) is 4.67. The van der Waals surface area contributed by atoms with Gasteiger partial charge in [-0.1, -0.05) is 55.5 Å². The predicted molar refractivity (Wildman–Crippen MR) is 128 cm³/mol. The second-order valence-electron chi connectivity index (χ2n) is 9.52. The number of rotatable bonds is 7. The third kappa shape index (κ3) is 5.08. The number of alkyl carbamates (subject to hydrolysis) is 1. The minimum Gasteiger partial charge on any atom is -0.481 e. The molecule has 0 radical (unpaired) electrons. The summed E-state index contributed by atoms with van der Waals surface area (Å²) in [5.74, 6) is -1.52. The van der Waals surface area contributed by atoms with Crippen LogP contribution in [0, 0.1) is 11.8 Å². The number of ether oxygens (including phenoxy) is 1. The van der Waals surface area contributed by atoms with Crippen LogP contribution in [0.15, 0.2) is 48.5 Å². The number of likely N-dealkylation sites (tertiary alicyclic amines) is 1. The maximum Gasteiger partial charge on any atom is 0.407 e. The SMILES string of the molecule is CC(CNC(=O)OCC1c2ccccc2-c2ccccc21)CC(=O)N1CC(C(=O)O)CCC1C. The first-order valence-corrected chi connectivity index (χ1v) is 12.0. The van der Waals surface area contributed by atoms with Crippen LogP contribution in [0.25, 0.3) is 11.1 Å². The van der Waals surface area contributed by atoms with Crippen molar-refractivity contribution in [3.8, 4) is 11.1 Å². The van der Waals surface area contributed by atoms with E-state index in [1.54, 1.807) is 4.90 Å². The van der Waals surface area contributed by atoms with Crippen molar-refractivity contribution in [1.29, 1.82) is 0 Å². The first-order chi connectivity index (χ1) is 16.3. The minimum absolute atomic E-state index is 0.0000728. The molecular weight excluding hydrogens is 432 g/mol. The van der Waals surface area contributed by atoms with Gasteiger partial charge in [0.05, 0.1) is 5.92 Å². The molecule has 3 atom stereocenters. The van der Waals surface area contributed by atoms with Crippen LogP contribution in [0.4, 0.5) is 4.79 Å². The molecule has 4 rings (SSSR count). The number of carboxylic acids is 1. The van der Waals surface area contributed by atoms with Crippen molar-refractivity contribution < 1.29 is 24.2 Å². The van der Waals surface area contributed by atoms with Gasteiger partial charge >= 0.3 is 12.1 Å². The van der Waals surface area contributed by atoms with E-state index < -0.39 is 18.0 Å². The number of fused-ring (bicyclic) bond motifs is 3. The molecule has 2 aromatic rings. The van der Waals surface area contributed by atoms with E-state index in [0.717, 1.165) is 11.1 Å². The molecule has 2 N–H and O–H groups in total. The van der Waals surface area contributed by atoms with Crippen molar-refractivity contribution in [2.45, 2.75) is 45.1 Å². The molecule has 0 spiro atoms. The first kappa shape index (κ1) is 23.8. The Kier molecular flexibility index (Phi) is 7.20. The Morgan fingerprint density at radius 3 is 2.29 bits per heavy atom. The van der Waals surface area contributed by atoms with E-state index in [2.05, 4.69) is 29.6 Å². The summed E-state index contributed by atoms with van der Waals surface area (Å²) in [6.07, 6.45) is 1.03. The van der Waals surface area contributed by atoms with Gasteiger partial charge in [-0.2, -0.15) is 0 Å². The monoisotopic (exact) mass is 464 g/mol. The van der Waals surface area contributed by atoms with Gasteiger partial charge in [0.25, 0.3) is 0 Å². The van der Waals surface area contributed by atoms with Crippen LogP contribution < -0.4 is 5.32 Å². The number of nitrogens with one attached hydrogen (secondary N) is 1. The molecule has 7 nitrogen and oxygen atoms in total. The number of benzene rings is 2. The molecule has 1 aliphatic heterocycles. The van der Waals surface area contributed by atoms with Crippen LogP contribution in [-0.4, -0.2) is 53.7 Å². The van der Waals surface area contributed by atoms with E-state index in [9.17, 15) is 19.5 Å². The molecule has 1 aliphatic carbocycles. The molecule has 0 aromatic heterocycles. The van der Waals surface area contributed by atoms with Gasteiger partial charge in [0, 0.05) is 31.5 Å². The average molecular weight is 465 g/mol. The molecule has 3 unspecified atom stereocenters. The van der Waals surface area contributed by atoms with Gasteiger partial charge in [0.2, 0.25) is 5.91 Å². The average Bonchev–Trinajstić information content (AvgIpc) is 3.15. The summed E-state index contributed by atoms with van der Waals surface area (Å²) < 4.78 is 5.56. The van der Waals surface area contributed by atoms with Gasteiger partial charge < -0.3 is 20.1 Å². The van der Waals surface area contributed by atoms with Gasteiger partial charge in [-0.25, -0.2) is 4.79 Å². The van der Waals surface area contributed by atoms with Crippen molar-refractivity contribution in [3.05, 3.63) is 59.7 Å². The smallest absolute Gasteiger partial charge is 0.407 e. The summed E-state index contributed by atoms with van der Waals surface area (Å²) in [7, 11) is 0. The Labute approximate surface area is 200 Å². The van der Waals surface area contributed by atoms with Crippen LogP contribution in [-0.2, 0) is 14.3 Å². The molecule has 1 fully saturated rings. The van der Waals surface area contributed by atoms with Crippen LogP contribution in [0.5, 0.6) is 0 Å². The number of carboxylic acid groups (broad SMARTS) is 1. The number of piperidine rings is 1. The van der Waals surface area contributed by atoms with Crippen molar-refractivity contribution in [3.63, 3.8) is 0 Å². The second kappa shape index (κ2) is 10.3.